The second-order valence-corrected chi connectivity index (χ2v) is 10.3. The van der Waals surface area contributed by atoms with Gasteiger partial charge in [0.05, 0.1) is 15.9 Å². The Morgan fingerprint density at radius 3 is 2.94 bits per heavy atom. The second-order valence-electron chi connectivity index (χ2n) is 8.24. The largest absolute Gasteiger partial charge is 0.445 e. The fraction of sp³-hybridized carbons (Fsp3) is 0.381. The van der Waals surface area contributed by atoms with Crippen molar-refractivity contribution in [3.05, 3.63) is 36.0 Å². The van der Waals surface area contributed by atoms with Crippen LogP contribution >= 0.6 is 23.1 Å². The van der Waals surface area contributed by atoms with E-state index in [9.17, 15) is 4.79 Å². The van der Waals surface area contributed by atoms with Crippen molar-refractivity contribution < 1.29 is 9.53 Å². The first-order valence-corrected chi connectivity index (χ1v) is 12.2. The van der Waals surface area contributed by atoms with E-state index < -0.39 is 6.09 Å². The first-order valence-electron chi connectivity index (χ1n) is 10.6. The quantitative estimate of drug-likeness (QED) is 0.470. The second kappa shape index (κ2) is 7.98. The summed E-state index contributed by atoms with van der Waals surface area (Å²) in [7, 11) is 2.02. The van der Waals surface area contributed by atoms with Crippen LogP contribution in [0.25, 0.3) is 15.9 Å². The molecule has 1 aliphatic carbocycles. The number of benzene rings is 1. The third kappa shape index (κ3) is 4.03. The summed E-state index contributed by atoms with van der Waals surface area (Å²) >= 11 is 2.94. The van der Waals surface area contributed by atoms with Gasteiger partial charge in [0.2, 0.25) is 5.16 Å². The number of carbonyl (C=O) groups excluding carboxylic acids is 1. The van der Waals surface area contributed by atoms with Crippen molar-refractivity contribution in [3.8, 4) is 0 Å². The minimum absolute atomic E-state index is 0.0654. The zero-order valence-electron chi connectivity index (χ0n) is 17.4. The predicted octanol–water partition coefficient (Wildman–Crippen LogP) is 4.02. The molecule has 1 amide bonds. The summed E-state index contributed by atoms with van der Waals surface area (Å²) in [5, 5.41) is 17.3. The number of nitrogens with zero attached hydrogens (tertiary/aromatic N) is 6. The number of hydrogen-bond donors (Lipinski definition) is 1. The molecule has 32 heavy (non-hydrogen) atoms. The lowest BCUT2D eigenvalue weighted by atomic mass is 10.3. The standard InChI is InChI=1S/C21H21N7O2S2/c1-27-9-8-13(11-27)30-21(29)23-19-22-16-5-4-14(10-17(16)32-19)31-20-25-24-18-7-6-15(12-2-3-12)26-28(18)20/h4-7,10,12-13H,2-3,8-9,11H2,1H3,(H,22,23,29)/t13-/m1/s1. The van der Waals surface area contributed by atoms with Gasteiger partial charge in [-0.2, -0.15) is 9.61 Å². The number of rotatable bonds is 5. The molecule has 1 saturated carbocycles. The Hall–Kier alpha value is -2.76. The van der Waals surface area contributed by atoms with Gasteiger partial charge in [0.1, 0.15) is 6.10 Å². The highest BCUT2D eigenvalue weighted by Gasteiger charge is 2.26. The van der Waals surface area contributed by atoms with Crippen LogP contribution in [0.15, 0.2) is 40.4 Å². The van der Waals surface area contributed by atoms with Crippen molar-refractivity contribution in [2.75, 3.05) is 25.5 Å². The van der Waals surface area contributed by atoms with Crippen LogP contribution in [0.1, 0.15) is 30.9 Å². The Morgan fingerprint density at radius 1 is 1.22 bits per heavy atom. The van der Waals surface area contributed by atoms with E-state index in [-0.39, 0.29) is 6.10 Å². The molecular weight excluding hydrogens is 446 g/mol. The van der Waals surface area contributed by atoms with Crippen molar-refractivity contribution in [3.63, 3.8) is 0 Å². The molecule has 0 bridgehead atoms. The lowest BCUT2D eigenvalue weighted by molar-refractivity contribution is 0.115. The molecule has 0 spiro atoms. The van der Waals surface area contributed by atoms with Gasteiger partial charge in [-0.3, -0.25) is 5.32 Å². The molecule has 4 aromatic rings. The van der Waals surface area contributed by atoms with Gasteiger partial charge in [0.25, 0.3) is 0 Å². The highest BCUT2D eigenvalue weighted by atomic mass is 32.2. The number of anilines is 1. The summed E-state index contributed by atoms with van der Waals surface area (Å²) in [5.41, 5.74) is 2.67. The summed E-state index contributed by atoms with van der Waals surface area (Å²) in [4.78, 5) is 19.9. The zero-order chi connectivity index (χ0) is 21.7. The molecular formula is C21H21N7O2S2. The number of carbonyl (C=O) groups is 1. The van der Waals surface area contributed by atoms with Gasteiger partial charge in [-0.05, 0) is 68.4 Å². The fourth-order valence-corrected chi connectivity index (χ4v) is 5.62. The number of likely N-dealkylation sites (N-methyl/N-ethyl adjacent to an activating group) is 1. The van der Waals surface area contributed by atoms with Crippen LogP contribution in [-0.2, 0) is 4.74 Å². The third-order valence-electron chi connectivity index (χ3n) is 5.65. The molecule has 1 atom stereocenters. The first kappa shape index (κ1) is 19.9. The number of amides is 1. The number of thiazole rings is 1. The first-order chi connectivity index (χ1) is 15.6. The molecule has 11 heteroatoms. The van der Waals surface area contributed by atoms with Crippen molar-refractivity contribution in [2.24, 2.45) is 0 Å². The van der Waals surface area contributed by atoms with Gasteiger partial charge in [-0.25, -0.2) is 9.78 Å². The minimum atomic E-state index is -0.452. The molecule has 9 nitrogen and oxygen atoms in total. The van der Waals surface area contributed by atoms with Crippen LogP contribution in [0.5, 0.6) is 0 Å². The van der Waals surface area contributed by atoms with Crippen molar-refractivity contribution in [1.29, 1.82) is 0 Å². The topological polar surface area (TPSA) is 97.5 Å². The highest BCUT2D eigenvalue weighted by Crippen LogP contribution is 2.39. The number of nitrogens with one attached hydrogen (secondary N) is 1. The lowest BCUT2D eigenvalue weighted by Gasteiger charge is -2.11. The number of ether oxygens (including phenoxy) is 1. The maximum atomic E-state index is 12.2. The minimum Gasteiger partial charge on any atom is -0.445 e. The Morgan fingerprint density at radius 2 is 2.12 bits per heavy atom. The fourth-order valence-electron chi connectivity index (χ4n) is 3.83. The van der Waals surface area contributed by atoms with Crippen molar-refractivity contribution >= 4 is 50.2 Å². The average Bonchev–Trinajstić information content (AvgIpc) is 3.26. The van der Waals surface area contributed by atoms with Crippen LogP contribution in [0.2, 0.25) is 0 Å². The van der Waals surface area contributed by atoms with Crippen LogP contribution in [0.3, 0.4) is 0 Å². The van der Waals surface area contributed by atoms with E-state index >= 15 is 0 Å². The van der Waals surface area contributed by atoms with Crippen LogP contribution in [-0.4, -0.2) is 62.0 Å². The molecule has 3 aromatic heterocycles. The molecule has 2 aliphatic rings. The summed E-state index contributed by atoms with van der Waals surface area (Å²) < 4.78 is 8.29. The summed E-state index contributed by atoms with van der Waals surface area (Å²) in [6.45, 7) is 1.71. The van der Waals surface area contributed by atoms with Crippen LogP contribution in [0, 0.1) is 0 Å². The normalized spacial score (nSPS) is 19.1. The molecule has 1 N–H and O–H groups in total. The van der Waals surface area contributed by atoms with Gasteiger partial charge >= 0.3 is 6.09 Å². The smallest absolute Gasteiger partial charge is 0.413 e. The molecule has 1 aliphatic heterocycles. The monoisotopic (exact) mass is 467 g/mol. The maximum absolute atomic E-state index is 12.2. The highest BCUT2D eigenvalue weighted by molar-refractivity contribution is 7.99. The van der Waals surface area contributed by atoms with E-state index in [2.05, 4.69) is 25.4 Å². The number of likely N-dealkylation sites (tertiary alicyclic amines) is 1. The molecule has 1 saturated heterocycles. The predicted molar refractivity (Wildman–Crippen MR) is 123 cm³/mol. The number of hydrogen-bond acceptors (Lipinski definition) is 9. The van der Waals surface area contributed by atoms with E-state index in [0.29, 0.717) is 11.0 Å². The molecule has 0 radical (unpaired) electrons. The van der Waals surface area contributed by atoms with E-state index in [4.69, 9.17) is 9.84 Å². The third-order valence-corrected chi connectivity index (χ3v) is 7.51. The van der Waals surface area contributed by atoms with Crippen molar-refractivity contribution in [2.45, 2.75) is 41.3 Å². The van der Waals surface area contributed by atoms with Crippen LogP contribution < -0.4 is 5.32 Å². The molecule has 2 fully saturated rings. The van der Waals surface area contributed by atoms with Gasteiger partial charge in [-0.1, -0.05) is 11.3 Å². The maximum Gasteiger partial charge on any atom is 0.413 e. The van der Waals surface area contributed by atoms with Crippen LogP contribution in [0.4, 0.5) is 9.93 Å². The molecule has 4 heterocycles. The Kier molecular flexibility index (Phi) is 4.96. The zero-order valence-corrected chi connectivity index (χ0v) is 19.0. The number of fused-ring (bicyclic) bond motifs is 2. The number of aromatic nitrogens is 5. The van der Waals surface area contributed by atoms with Gasteiger partial charge in [-0.15, -0.1) is 10.2 Å². The Balaban J connectivity index is 1.18. The molecule has 6 rings (SSSR count). The molecule has 164 valence electrons. The van der Waals surface area contributed by atoms with Gasteiger partial charge < -0.3 is 9.64 Å². The van der Waals surface area contributed by atoms with E-state index in [1.165, 1.54) is 35.9 Å². The molecule has 0 unspecified atom stereocenters. The average molecular weight is 468 g/mol. The van der Waals surface area contributed by atoms with Gasteiger partial charge in [0, 0.05) is 23.9 Å². The van der Waals surface area contributed by atoms with Crippen molar-refractivity contribution in [1.82, 2.24) is 29.7 Å². The summed E-state index contributed by atoms with van der Waals surface area (Å²) in [6.07, 6.45) is 2.74. The SMILES string of the molecule is CN1CC[C@@H](OC(=O)Nc2nc3ccc(Sc4nnc5ccc(C6CC6)nn45)cc3s2)C1. The summed E-state index contributed by atoms with van der Waals surface area (Å²) in [6, 6.07) is 10.0. The van der Waals surface area contributed by atoms with Gasteiger partial charge in [0.15, 0.2) is 10.8 Å². The molecule has 1 aromatic carbocycles. The Bertz CT molecular complexity index is 1320. The van der Waals surface area contributed by atoms with E-state index in [1.54, 1.807) is 0 Å². The lowest BCUT2D eigenvalue weighted by Crippen LogP contribution is -2.25. The summed E-state index contributed by atoms with van der Waals surface area (Å²) in [5.74, 6) is 0.570. The van der Waals surface area contributed by atoms with E-state index in [0.717, 1.165) is 51.1 Å². The Labute approximate surface area is 192 Å². The van der Waals surface area contributed by atoms with E-state index in [1.807, 2.05) is 41.9 Å².